The topological polar surface area (TPSA) is 38.3 Å². The number of benzene rings is 2. The minimum atomic E-state index is 0.0588. The van der Waals surface area contributed by atoms with E-state index in [9.17, 15) is 4.79 Å². The van der Waals surface area contributed by atoms with Crippen molar-refractivity contribution in [1.29, 1.82) is 0 Å². The third-order valence-electron chi connectivity index (χ3n) is 3.32. The normalized spacial score (nSPS) is 10.2. The smallest absolute Gasteiger partial charge is 0.224 e. The molecule has 110 valence electrons. The van der Waals surface area contributed by atoms with Crippen LogP contribution in [0, 0.1) is 6.92 Å². The molecule has 0 aliphatic rings. The Bertz CT molecular complexity index is 608. The molecule has 0 radical (unpaired) electrons. The lowest BCUT2D eigenvalue weighted by Crippen LogP contribution is -2.27. The van der Waals surface area contributed by atoms with Crippen LogP contribution in [0.25, 0.3) is 0 Å². The van der Waals surface area contributed by atoms with Crippen molar-refractivity contribution < 1.29 is 9.53 Å². The van der Waals surface area contributed by atoms with Gasteiger partial charge in [-0.2, -0.15) is 0 Å². The Morgan fingerprint density at radius 2 is 1.86 bits per heavy atom. The first kappa shape index (κ1) is 15.1. The lowest BCUT2D eigenvalue weighted by atomic mass is 10.1. The van der Waals surface area contributed by atoms with Gasteiger partial charge in [-0.05, 0) is 36.6 Å². The fraction of sp³-hybridized carbons (Fsp3) is 0.278. The summed E-state index contributed by atoms with van der Waals surface area (Å²) >= 11 is 0. The third kappa shape index (κ3) is 4.95. The second-order valence-corrected chi connectivity index (χ2v) is 5.12. The maximum Gasteiger partial charge on any atom is 0.224 e. The number of carbonyl (C=O) groups is 1. The number of rotatable bonds is 6. The van der Waals surface area contributed by atoms with Crippen molar-refractivity contribution in [3.8, 4) is 5.75 Å². The number of nitrogens with one attached hydrogen (secondary N) is 1. The van der Waals surface area contributed by atoms with Gasteiger partial charge in [0.25, 0.3) is 0 Å². The fourth-order valence-corrected chi connectivity index (χ4v) is 2.24. The third-order valence-corrected chi connectivity index (χ3v) is 3.32. The van der Waals surface area contributed by atoms with Crippen molar-refractivity contribution in [3.63, 3.8) is 0 Å². The molecule has 0 aromatic heterocycles. The van der Waals surface area contributed by atoms with E-state index in [0.717, 1.165) is 23.3 Å². The summed E-state index contributed by atoms with van der Waals surface area (Å²) in [4.78, 5) is 11.9. The number of ether oxygens (including phenoxy) is 1. The molecular weight excluding hydrogens is 262 g/mol. The Labute approximate surface area is 126 Å². The van der Waals surface area contributed by atoms with Crippen LogP contribution in [-0.2, 0) is 17.6 Å². The quantitative estimate of drug-likeness (QED) is 0.885. The molecular formula is C18H21NO2. The van der Waals surface area contributed by atoms with E-state index in [-0.39, 0.29) is 5.91 Å². The molecule has 2 aromatic rings. The van der Waals surface area contributed by atoms with Gasteiger partial charge in [-0.25, -0.2) is 0 Å². The van der Waals surface area contributed by atoms with Gasteiger partial charge >= 0.3 is 0 Å². The minimum absolute atomic E-state index is 0.0588. The highest BCUT2D eigenvalue weighted by molar-refractivity contribution is 5.78. The maximum absolute atomic E-state index is 11.9. The van der Waals surface area contributed by atoms with Gasteiger partial charge in [0.1, 0.15) is 5.75 Å². The summed E-state index contributed by atoms with van der Waals surface area (Å²) in [7, 11) is 1.66. The molecule has 0 fully saturated rings. The van der Waals surface area contributed by atoms with Crippen LogP contribution in [0.3, 0.4) is 0 Å². The molecule has 0 heterocycles. The van der Waals surface area contributed by atoms with E-state index < -0.39 is 0 Å². The summed E-state index contributed by atoms with van der Waals surface area (Å²) in [6, 6.07) is 15.9. The van der Waals surface area contributed by atoms with E-state index in [4.69, 9.17) is 4.74 Å². The average molecular weight is 283 g/mol. The highest BCUT2D eigenvalue weighted by Crippen LogP contribution is 2.12. The minimum Gasteiger partial charge on any atom is -0.497 e. The average Bonchev–Trinajstić information content (AvgIpc) is 2.47. The van der Waals surface area contributed by atoms with Gasteiger partial charge in [-0.1, -0.05) is 42.0 Å². The highest BCUT2D eigenvalue weighted by atomic mass is 16.5. The van der Waals surface area contributed by atoms with Gasteiger partial charge in [0, 0.05) is 6.54 Å². The molecule has 0 unspecified atom stereocenters. The first-order valence-corrected chi connectivity index (χ1v) is 7.12. The number of methoxy groups -OCH3 is 1. The van der Waals surface area contributed by atoms with E-state index in [2.05, 4.69) is 5.32 Å². The lowest BCUT2D eigenvalue weighted by Gasteiger charge is -2.07. The highest BCUT2D eigenvalue weighted by Gasteiger charge is 2.03. The van der Waals surface area contributed by atoms with Crippen molar-refractivity contribution >= 4 is 5.91 Å². The summed E-state index contributed by atoms with van der Waals surface area (Å²) in [6.45, 7) is 2.67. The molecule has 3 heteroatoms. The summed E-state index contributed by atoms with van der Waals surface area (Å²) in [5.74, 6) is 0.905. The predicted octanol–water partition coefficient (Wildman–Crippen LogP) is 2.91. The monoisotopic (exact) mass is 283 g/mol. The Morgan fingerprint density at radius 1 is 1.10 bits per heavy atom. The molecule has 0 atom stereocenters. The Kier molecular flexibility index (Phi) is 5.38. The van der Waals surface area contributed by atoms with Crippen LogP contribution in [0.15, 0.2) is 48.5 Å². The molecule has 0 saturated heterocycles. The van der Waals surface area contributed by atoms with E-state index in [1.54, 1.807) is 7.11 Å². The predicted molar refractivity (Wildman–Crippen MR) is 84.6 cm³/mol. The van der Waals surface area contributed by atoms with Crippen molar-refractivity contribution in [2.24, 2.45) is 0 Å². The lowest BCUT2D eigenvalue weighted by molar-refractivity contribution is -0.120. The van der Waals surface area contributed by atoms with Gasteiger partial charge in [0.15, 0.2) is 0 Å². The van der Waals surface area contributed by atoms with Crippen LogP contribution >= 0.6 is 0 Å². The summed E-state index contributed by atoms with van der Waals surface area (Å²) < 4.78 is 5.19. The summed E-state index contributed by atoms with van der Waals surface area (Å²) in [5, 5.41) is 2.96. The van der Waals surface area contributed by atoms with Crippen LogP contribution in [0.5, 0.6) is 5.75 Å². The van der Waals surface area contributed by atoms with E-state index in [1.807, 2.05) is 55.5 Å². The second-order valence-electron chi connectivity index (χ2n) is 5.12. The summed E-state index contributed by atoms with van der Waals surface area (Å²) in [5.41, 5.74) is 3.38. The molecule has 0 aliphatic heterocycles. The molecule has 0 saturated carbocycles. The molecule has 1 N–H and O–H groups in total. The largest absolute Gasteiger partial charge is 0.497 e. The first-order valence-electron chi connectivity index (χ1n) is 7.12. The van der Waals surface area contributed by atoms with Gasteiger partial charge in [-0.3, -0.25) is 4.79 Å². The van der Waals surface area contributed by atoms with Crippen molar-refractivity contribution in [3.05, 3.63) is 65.2 Å². The number of aryl methyl sites for hydroxylation is 1. The molecule has 2 rings (SSSR count). The van der Waals surface area contributed by atoms with Gasteiger partial charge in [0.2, 0.25) is 5.91 Å². The van der Waals surface area contributed by atoms with Crippen LogP contribution in [0.2, 0.25) is 0 Å². The van der Waals surface area contributed by atoms with Crippen LogP contribution in [-0.4, -0.2) is 19.6 Å². The Balaban J connectivity index is 1.79. The Morgan fingerprint density at radius 3 is 2.62 bits per heavy atom. The van der Waals surface area contributed by atoms with Gasteiger partial charge in [0.05, 0.1) is 13.5 Å². The molecule has 21 heavy (non-hydrogen) atoms. The fourth-order valence-electron chi connectivity index (χ4n) is 2.24. The van der Waals surface area contributed by atoms with Crippen molar-refractivity contribution in [2.75, 3.05) is 13.7 Å². The number of carbonyl (C=O) groups excluding carboxylic acids is 1. The van der Waals surface area contributed by atoms with Crippen LogP contribution in [0.1, 0.15) is 16.7 Å². The van der Waals surface area contributed by atoms with Gasteiger partial charge < -0.3 is 10.1 Å². The number of hydrogen-bond donors (Lipinski definition) is 1. The molecule has 0 aliphatic carbocycles. The molecule has 3 nitrogen and oxygen atoms in total. The van der Waals surface area contributed by atoms with Crippen LogP contribution < -0.4 is 10.1 Å². The zero-order valence-corrected chi connectivity index (χ0v) is 12.6. The van der Waals surface area contributed by atoms with Crippen molar-refractivity contribution in [2.45, 2.75) is 19.8 Å². The zero-order chi connectivity index (χ0) is 15.1. The van der Waals surface area contributed by atoms with Gasteiger partial charge in [-0.15, -0.1) is 0 Å². The molecule has 2 aromatic carbocycles. The maximum atomic E-state index is 11.9. The SMILES string of the molecule is COc1cccc(CCNC(=O)Cc2cccc(C)c2)c1. The summed E-state index contributed by atoms with van der Waals surface area (Å²) in [6.07, 6.45) is 1.23. The molecule has 1 amide bonds. The molecule has 0 bridgehead atoms. The standard InChI is InChI=1S/C18H21NO2/c1-14-5-3-7-16(11-14)13-18(20)19-10-9-15-6-4-8-17(12-15)21-2/h3-8,11-12H,9-10,13H2,1-2H3,(H,19,20). The van der Waals surface area contributed by atoms with E-state index in [0.29, 0.717) is 13.0 Å². The van der Waals surface area contributed by atoms with E-state index in [1.165, 1.54) is 5.56 Å². The number of hydrogen-bond acceptors (Lipinski definition) is 2. The zero-order valence-electron chi connectivity index (χ0n) is 12.6. The van der Waals surface area contributed by atoms with E-state index >= 15 is 0 Å². The Hall–Kier alpha value is -2.29. The first-order chi connectivity index (χ1) is 10.2. The molecule has 0 spiro atoms. The van der Waals surface area contributed by atoms with Crippen molar-refractivity contribution in [1.82, 2.24) is 5.32 Å². The van der Waals surface area contributed by atoms with Crippen LogP contribution in [0.4, 0.5) is 0 Å². The number of amides is 1. The second kappa shape index (κ2) is 7.48.